The highest BCUT2D eigenvalue weighted by Crippen LogP contribution is 2.14. The molecule has 0 atom stereocenters. The van der Waals surface area contributed by atoms with Gasteiger partial charge in [0.05, 0.1) is 4.90 Å². The van der Waals surface area contributed by atoms with Gasteiger partial charge in [-0.05, 0) is 42.3 Å². The van der Waals surface area contributed by atoms with Gasteiger partial charge in [-0.2, -0.15) is 0 Å². The smallest absolute Gasteiger partial charge is 0.240 e. The molecule has 8 heteroatoms. The molecule has 2 aromatic rings. The number of rotatable bonds is 7. The molecule has 0 saturated carbocycles. The Balaban J connectivity index is 1.90. The highest BCUT2D eigenvalue weighted by Gasteiger charge is 2.16. The van der Waals surface area contributed by atoms with E-state index in [1.54, 1.807) is 6.07 Å². The monoisotopic (exact) mass is 368 g/mol. The van der Waals surface area contributed by atoms with Gasteiger partial charge in [-0.25, -0.2) is 21.9 Å². The number of carbonyl (C=O) groups excluding carboxylic acids is 1. The van der Waals surface area contributed by atoms with E-state index in [9.17, 15) is 22.0 Å². The van der Waals surface area contributed by atoms with Crippen LogP contribution in [0.5, 0.6) is 0 Å². The number of sulfonamides is 1. The molecule has 0 bridgehead atoms. The van der Waals surface area contributed by atoms with Crippen molar-refractivity contribution < 1.29 is 22.0 Å². The molecule has 0 aromatic heterocycles. The van der Waals surface area contributed by atoms with Gasteiger partial charge in [0.1, 0.15) is 0 Å². The summed E-state index contributed by atoms with van der Waals surface area (Å²) in [6.45, 7) is 1.83. The van der Waals surface area contributed by atoms with Crippen LogP contribution in [-0.4, -0.2) is 20.9 Å². The molecule has 0 aliphatic carbocycles. The number of halogens is 2. The fraction of sp³-hybridized carbons (Fsp3) is 0.235. The van der Waals surface area contributed by atoms with E-state index < -0.39 is 26.6 Å². The first-order chi connectivity index (χ1) is 11.8. The summed E-state index contributed by atoms with van der Waals surface area (Å²) in [6.07, 6.45) is 0.733. The second-order valence-corrected chi connectivity index (χ2v) is 7.09. The molecule has 2 aromatic carbocycles. The third-order valence-electron chi connectivity index (χ3n) is 3.46. The zero-order valence-corrected chi connectivity index (χ0v) is 14.4. The van der Waals surface area contributed by atoms with Gasteiger partial charge < -0.3 is 5.32 Å². The maximum Gasteiger partial charge on any atom is 0.240 e. The molecular formula is C17H18F2N2O3S. The molecule has 0 radical (unpaired) electrons. The Morgan fingerprint density at radius 2 is 1.84 bits per heavy atom. The largest absolute Gasteiger partial charge is 0.326 e. The average molecular weight is 368 g/mol. The van der Waals surface area contributed by atoms with Crippen LogP contribution in [0.4, 0.5) is 14.5 Å². The molecule has 0 saturated heterocycles. The Labute approximate surface area is 145 Å². The van der Waals surface area contributed by atoms with E-state index in [0.717, 1.165) is 24.1 Å². The van der Waals surface area contributed by atoms with Crippen molar-refractivity contribution >= 4 is 21.6 Å². The van der Waals surface area contributed by atoms with E-state index in [2.05, 4.69) is 10.0 Å². The molecule has 0 spiro atoms. The summed E-state index contributed by atoms with van der Waals surface area (Å²) in [5, 5.41) is 2.68. The summed E-state index contributed by atoms with van der Waals surface area (Å²) in [5.41, 5.74) is 1.70. The first kappa shape index (κ1) is 19.0. The molecule has 5 nitrogen and oxygen atoms in total. The van der Waals surface area contributed by atoms with E-state index in [-0.39, 0.29) is 18.9 Å². The quantitative estimate of drug-likeness (QED) is 0.789. The zero-order chi connectivity index (χ0) is 18.4. The lowest BCUT2D eigenvalue weighted by atomic mass is 10.1. The fourth-order valence-electron chi connectivity index (χ4n) is 2.12. The van der Waals surface area contributed by atoms with Crippen LogP contribution in [-0.2, 0) is 21.2 Å². The van der Waals surface area contributed by atoms with Gasteiger partial charge in [0, 0.05) is 18.7 Å². The molecule has 1 amide bonds. The number of carbonyl (C=O) groups is 1. The summed E-state index contributed by atoms with van der Waals surface area (Å²) in [7, 11) is -4.02. The minimum atomic E-state index is -4.02. The Kier molecular flexibility index (Phi) is 6.22. The van der Waals surface area contributed by atoms with Crippen LogP contribution in [0, 0.1) is 11.6 Å². The minimum Gasteiger partial charge on any atom is -0.326 e. The number of nitrogens with one attached hydrogen (secondary N) is 2. The Morgan fingerprint density at radius 1 is 1.08 bits per heavy atom. The van der Waals surface area contributed by atoms with Gasteiger partial charge in [0.15, 0.2) is 11.6 Å². The van der Waals surface area contributed by atoms with Crippen LogP contribution in [0.25, 0.3) is 0 Å². The van der Waals surface area contributed by atoms with Crippen LogP contribution in [0.3, 0.4) is 0 Å². The van der Waals surface area contributed by atoms with Crippen molar-refractivity contribution in [3.05, 3.63) is 59.7 Å². The van der Waals surface area contributed by atoms with Gasteiger partial charge in [-0.15, -0.1) is 0 Å². The van der Waals surface area contributed by atoms with Crippen LogP contribution in [0.2, 0.25) is 0 Å². The van der Waals surface area contributed by atoms with Crippen molar-refractivity contribution in [3.8, 4) is 0 Å². The van der Waals surface area contributed by atoms with Crippen molar-refractivity contribution in [1.82, 2.24) is 4.72 Å². The van der Waals surface area contributed by atoms with Gasteiger partial charge in [0.25, 0.3) is 0 Å². The van der Waals surface area contributed by atoms with E-state index in [1.807, 2.05) is 25.1 Å². The van der Waals surface area contributed by atoms with Gasteiger partial charge in [0.2, 0.25) is 15.9 Å². The minimum absolute atomic E-state index is 0.0980. The molecule has 0 unspecified atom stereocenters. The van der Waals surface area contributed by atoms with E-state index in [0.29, 0.717) is 11.8 Å². The summed E-state index contributed by atoms with van der Waals surface area (Å²) >= 11 is 0. The highest BCUT2D eigenvalue weighted by atomic mass is 32.2. The van der Waals surface area contributed by atoms with E-state index >= 15 is 0 Å². The Morgan fingerprint density at radius 3 is 2.52 bits per heavy atom. The third kappa shape index (κ3) is 5.33. The van der Waals surface area contributed by atoms with E-state index in [4.69, 9.17) is 0 Å². The molecule has 2 rings (SSSR count). The summed E-state index contributed by atoms with van der Waals surface area (Å²) in [4.78, 5) is 11.5. The van der Waals surface area contributed by atoms with Crippen LogP contribution in [0.1, 0.15) is 18.9 Å². The van der Waals surface area contributed by atoms with Gasteiger partial charge in [-0.3, -0.25) is 4.79 Å². The second-order valence-electron chi connectivity index (χ2n) is 5.33. The number of aryl methyl sites for hydroxylation is 1. The summed E-state index contributed by atoms with van der Waals surface area (Å²) in [6, 6.07) is 9.61. The number of amides is 1. The standard InChI is InChI=1S/C17H18F2N2O3S/c1-2-12-4-3-5-13(10-12)21-17(22)8-9-20-25(23,24)14-6-7-15(18)16(19)11-14/h3-7,10-11,20H,2,8-9H2,1H3,(H,21,22). The molecule has 0 heterocycles. The number of hydrogen-bond acceptors (Lipinski definition) is 3. The molecule has 2 N–H and O–H groups in total. The lowest BCUT2D eigenvalue weighted by Crippen LogP contribution is -2.28. The van der Waals surface area contributed by atoms with Gasteiger partial charge >= 0.3 is 0 Å². The highest BCUT2D eigenvalue weighted by molar-refractivity contribution is 7.89. The van der Waals surface area contributed by atoms with Crippen molar-refractivity contribution in [1.29, 1.82) is 0 Å². The predicted octanol–water partition coefficient (Wildman–Crippen LogP) is 2.83. The summed E-state index contributed by atoms with van der Waals surface area (Å²) in [5.74, 6) is -2.75. The van der Waals surface area contributed by atoms with Crippen LogP contribution < -0.4 is 10.0 Å². The maximum absolute atomic E-state index is 13.1. The SMILES string of the molecule is CCc1cccc(NC(=O)CCNS(=O)(=O)c2ccc(F)c(F)c2)c1. The molecule has 0 aliphatic rings. The first-order valence-electron chi connectivity index (χ1n) is 7.65. The number of hydrogen-bond donors (Lipinski definition) is 2. The Hall–Kier alpha value is -2.32. The van der Waals surface area contributed by atoms with Crippen molar-refractivity contribution in [3.63, 3.8) is 0 Å². The zero-order valence-electron chi connectivity index (χ0n) is 13.6. The second kappa shape index (κ2) is 8.17. The normalized spacial score (nSPS) is 11.3. The predicted molar refractivity (Wildman–Crippen MR) is 90.6 cm³/mol. The topological polar surface area (TPSA) is 75.3 Å². The van der Waals surface area contributed by atoms with Crippen molar-refractivity contribution in [2.24, 2.45) is 0 Å². The van der Waals surface area contributed by atoms with Crippen molar-refractivity contribution in [2.75, 3.05) is 11.9 Å². The molecular weight excluding hydrogens is 350 g/mol. The number of anilines is 1. The molecule has 0 aliphatic heterocycles. The fourth-order valence-corrected chi connectivity index (χ4v) is 3.16. The summed E-state index contributed by atoms with van der Waals surface area (Å²) < 4.78 is 52.2. The van der Waals surface area contributed by atoms with Crippen molar-refractivity contribution in [2.45, 2.75) is 24.7 Å². The molecule has 0 fully saturated rings. The molecule has 25 heavy (non-hydrogen) atoms. The van der Waals surface area contributed by atoms with Crippen LogP contribution in [0.15, 0.2) is 47.4 Å². The average Bonchev–Trinajstić information content (AvgIpc) is 2.57. The van der Waals surface area contributed by atoms with Gasteiger partial charge in [-0.1, -0.05) is 19.1 Å². The van der Waals surface area contributed by atoms with Crippen LogP contribution >= 0.6 is 0 Å². The lowest BCUT2D eigenvalue weighted by Gasteiger charge is -2.09. The Bertz CT molecular complexity index is 870. The third-order valence-corrected chi connectivity index (χ3v) is 4.92. The maximum atomic E-state index is 13.1. The molecule has 134 valence electrons. The first-order valence-corrected chi connectivity index (χ1v) is 9.13. The lowest BCUT2D eigenvalue weighted by molar-refractivity contribution is -0.116. The number of benzene rings is 2. The van der Waals surface area contributed by atoms with E-state index in [1.165, 1.54) is 0 Å².